The summed E-state index contributed by atoms with van der Waals surface area (Å²) in [4.78, 5) is 8.77. The van der Waals surface area contributed by atoms with Crippen LogP contribution in [0.3, 0.4) is 0 Å². The average molecular weight is 387 g/mol. The highest BCUT2D eigenvalue weighted by atomic mass is 35.5. The van der Waals surface area contributed by atoms with Gasteiger partial charge in [0.2, 0.25) is 0 Å². The molecule has 0 saturated heterocycles. The van der Waals surface area contributed by atoms with Gasteiger partial charge in [-0.1, -0.05) is 53.5 Å². The first kappa shape index (κ1) is 18.3. The van der Waals surface area contributed by atoms with E-state index in [-0.39, 0.29) is 6.54 Å². The maximum Gasteiger partial charge on any atom is 0.269 e. The van der Waals surface area contributed by atoms with Crippen molar-refractivity contribution in [3.05, 3.63) is 69.8 Å². The zero-order chi connectivity index (χ0) is 18.5. The van der Waals surface area contributed by atoms with Crippen molar-refractivity contribution in [3.63, 3.8) is 0 Å². The van der Waals surface area contributed by atoms with Crippen LogP contribution in [0.2, 0.25) is 10.0 Å². The van der Waals surface area contributed by atoms with E-state index in [0.717, 1.165) is 22.5 Å². The predicted octanol–water partition coefficient (Wildman–Crippen LogP) is 6.05. The summed E-state index contributed by atoms with van der Waals surface area (Å²) in [6, 6.07) is 15.1. The average Bonchev–Trinajstić information content (AvgIpc) is 2.62. The van der Waals surface area contributed by atoms with Gasteiger partial charge in [-0.2, -0.15) is 5.11 Å². The number of halogens is 2. The van der Waals surface area contributed by atoms with E-state index in [4.69, 9.17) is 27.9 Å². The van der Waals surface area contributed by atoms with Gasteiger partial charge in [0.15, 0.2) is 0 Å². The number of rotatable bonds is 5. The Morgan fingerprint density at radius 1 is 1.04 bits per heavy atom. The molecule has 26 heavy (non-hydrogen) atoms. The van der Waals surface area contributed by atoms with E-state index in [1.807, 2.05) is 43.3 Å². The number of hydrogen-bond acceptors (Lipinski definition) is 5. The SMILES string of the molecule is COc1c(Cl)cc(Cl)cc1CN=Nc1nc(C)cc(-c2ccccc2)n1. The second-order valence-electron chi connectivity index (χ2n) is 5.54. The summed E-state index contributed by atoms with van der Waals surface area (Å²) in [7, 11) is 1.55. The van der Waals surface area contributed by atoms with Gasteiger partial charge in [-0.05, 0) is 25.1 Å². The van der Waals surface area contributed by atoms with Crippen LogP contribution in [0, 0.1) is 6.92 Å². The van der Waals surface area contributed by atoms with Crippen LogP contribution in [-0.2, 0) is 6.54 Å². The zero-order valence-electron chi connectivity index (χ0n) is 14.3. The number of aromatic nitrogens is 2. The first-order valence-corrected chi connectivity index (χ1v) is 8.63. The van der Waals surface area contributed by atoms with Crippen LogP contribution < -0.4 is 4.74 Å². The smallest absolute Gasteiger partial charge is 0.269 e. The molecule has 2 aromatic carbocycles. The molecule has 7 heteroatoms. The molecular formula is C19H16Cl2N4O. The molecule has 0 radical (unpaired) electrons. The third-order valence-electron chi connectivity index (χ3n) is 3.60. The van der Waals surface area contributed by atoms with Gasteiger partial charge >= 0.3 is 0 Å². The third-order valence-corrected chi connectivity index (χ3v) is 4.10. The molecule has 0 unspecified atom stereocenters. The lowest BCUT2D eigenvalue weighted by Gasteiger charge is -2.08. The van der Waals surface area contributed by atoms with Crippen LogP contribution in [0.1, 0.15) is 11.3 Å². The van der Waals surface area contributed by atoms with E-state index in [1.54, 1.807) is 19.2 Å². The van der Waals surface area contributed by atoms with Crippen molar-refractivity contribution in [3.8, 4) is 17.0 Å². The highest BCUT2D eigenvalue weighted by molar-refractivity contribution is 6.35. The molecule has 3 aromatic rings. The maximum atomic E-state index is 6.13. The molecule has 0 atom stereocenters. The molecular weight excluding hydrogens is 371 g/mol. The second-order valence-corrected chi connectivity index (χ2v) is 6.38. The summed E-state index contributed by atoms with van der Waals surface area (Å²) >= 11 is 12.2. The van der Waals surface area contributed by atoms with Crippen molar-refractivity contribution in [1.82, 2.24) is 9.97 Å². The van der Waals surface area contributed by atoms with Crippen molar-refractivity contribution in [2.24, 2.45) is 10.2 Å². The van der Waals surface area contributed by atoms with Gasteiger partial charge in [0.1, 0.15) is 5.75 Å². The van der Waals surface area contributed by atoms with Gasteiger partial charge in [0.05, 0.1) is 24.4 Å². The number of nitrogens with zero attached hydrogens (tertiary/aromatic N) is 4. The fourth-order valence-corrected chi connectivity index (χ4v) is 3.10. The molecule has 0 saturated carbocycles. The van der Waals surface area contributed by atoms with Crippen LogP contribution >= 0.6 is 23.2 Å². The molecule has 1 aromatic heterocycles. The van der Waals surface area contributed by atoms with Crippen LogP contribution in [0.15, 0.2) is 58.8 Å². The lowest BCUT2D eigenvalue weighted by Crippen LogP contribution is -1.93. The molecule has 0 spiro atoms. The van der Waals surface area contributed by atoms with Crippen LogP contribution in [0.5, 0.6) is 5.75 Å². The summed E-state index contributed by atoms with van der Waals surface area (Å²) < 4.78 is 5.31. The molecule has 1 heterocycles. The summed E-state index contributed by atoms with van der Waals surface area (Å²) in [5.74, 6) is 0.834. The summed E-state index contributed by atoms with van der Waals surface area (Å²) in [5, 5.41) is 9.27. The predicted molar refractivity (Wildman–Crippen MR) is 103 cm³/mol. The molecule has 132 valence electrons. The summed E-state index contributed by atoms with van der Waals surface area (Å²) in [6.45, 7) is 2.15. The van der Waals surface area contributed by atoms with E-state index in [2.05, 4.69) is 20.2 Å². The first-order valence-electron chi connectivity index (χ1n) is 7.87. The summed E-state index contributed by atoms with van der Waals surface area (Å²) in [6.07, 6.45) is 0. The van der Waals surface area contributed by atoms with E-state index in [0.29, 0.717) is 21.7 Å². The number of azo groups is 1. The highest BCUT2D eigenvalue weighted by Gasteiger charge is 2.10. The van der Waals surface area contributed by atoms with Gasteiger partial charge in [-0.3, -0.25) is 0 Å². The van der Waals surface area contributed by atoms with Crippen LogP contribution in [0.4, 0.5) is 5.95 Å². The van der Waals surface area contributed by atoms with Crippen molar-refractivity contribution >= 4 is 29.2 Å². The van der Waals surface area contributed by atoms with E-state index in [1.165, 1.54) is 0 Å². The van der Waals surface area contributed by atoms with Crippen molar-refractivity contribution in [1.29, 1.82) is 0 Å². The molecule has 0 bridgehead atoms. The minimum Gasteiger partial charge on any atom is -0.495 e. The fourth-order valence-electron chi connectivity index (χ4n) is 2.49. The van der Waals surface area contributed by atoms with Crippen LogP contribution in [0.25, 0.3) is 11.3 Å². The number of methoxy groups -OCH3 is 1. The Kier molecular flexibility index (Phi) is 5.81. The Balaban J connectivity index is 1.85. The lowest BCUT2D eigenvalue weighted by molar-refractivity contribution is 0.410. The largest absolute Gasteiger partial charge is 0.495 e. The lowest BCUT2D eigenvalue weighted by atomic mass is 10.1. The van der Waals surface area contributed by atoms with Crippen molar-refractivity contribution < 1.29 is 4.74 Å². The zero-order valence-corrected chi connectivity index (χ0v) is 15.8. The van der Waals surface area contributed by atoms with Crippen LogP contribution in [-0.4, -0.2) is 17.1 Å². The minimum absolute atomic E-state index is 0.251. The Bertz CT molecular complexity index is 946. The number of ether oxygens (including phenoxy) is 1. The first-order chi connectivity index (χ1) is 12.6. The third kappa shape index (κ3) is 4.36. The normalized spacial score (nSPS) is 11.1. The number of benzene rings is 2. The van der Waals surface area contributed by atoms with Crippen molar-refractivity contribution in [2.75, 3.05) is 7.11 Å². The van der Waals surface area contributed by atoms with Gasteiger partial charge in [-0.25, -0.2) is 9.97 Å². The number of hydrogen-bond donors (Lipinski definition) is 0. The molecule has 0 N–H and O–H groups in total. The topological polar surface area (TPSA) is 59.7 Å². The standard InChI is InChI=1S/C19H16Cl2N4O/c1-12-8-17(13-6-4-3-5-7-13)24-19(23-12)25-22-11-14-9-15(20)10-16(21)18(14)26-2/h3-10H,11H2,1-2H3. The van der Waals surface area contributed by atoms with Gasteiger partial charge in [0, 0.05) is 21.8 Å². The Hall–Kier alpha value is -2.50. The highest BCUT2D eigenvalue weighted by Crippen LogP contribution is 2.32. The Labute approximate surface area is 161 Å². The van der Waals surface area contributed by atoms with E-state index >= 15 is 0 Å². The number of aryl methyl sites for hydroxylation is 1. The second kappa shape index (κ2) is 8.25. The van der Waals surface area contributed by atoms with Crippen molar-refractivity contribution in [2.45, 2.75) is 13.5 Å². The molecule has 5 nitrogen and oxygen atoms in total. The molecule has 0 aliphatic rings. The monoisotopic (exact) mass is 386 g/mol. The molecule has 3 rings (SSSR count). The maximum absolute atomic E-state index is 6.13. The van der Waals surface area contributed by atoms with Gasteiger partial charge in [0.25, 0.3) is 5.95 Å². The molecule has 0 fully saturated rings. The van der Waals surface area contributed by atoms with Gasteiger partial charge < -0.3 is 4.74 Å². The molecule has 0 aliphatic heterocycles. The summed E-state index contributed by atoms with van der Waals surface area (Å²) in [5.41, 5.74) is 3.36. The van der Waals surface area contributed by atoms with Gasteiger partial charge in [-0.15, -0.1) is 5.11 Å². The molecule has 0 aliphatic carbocycles. The fraction of sp³-hybridized carbons (Fsp3) is 0.158. The van der Waals surface area contributed by atoms with E-state index < -0.39 is 0 Å². The quantitative estimate of drug-likeness (QED) is 0.501. The van der Waals surface area contributed by atoms with E-state index in [9.17, 15) is 0 Å². The Morgan fingerprint density at radius 3 is 2.54 bits per heavy atom. The molecule has 0 amide bonds. The Morgan fingerprint density at radius 2 is 1.81 bits per heavy atom. The minimum atomic E-state index is 0.251.